The molecule has 2 heterocycles. The summed E-state index contributed by atoms with van der Waals surface area (Å²) in [6, 6.07) is 16.2. The number of amides is 1. The molecule has 4 N–H and O–H groups in total. The highest BCUT2D eigenvalue weighted by Gasteiger charge is 2.25. The number of carboxylic acids is 2. The molecule has 4 rings (SSSR count). The molecule has 2 aromatic carbocycles. The molecule has 0 spiro atoms. The van der Waals surface area contributed by atoms with E-state index in [1.165, 1.54) is 11.1 Å². The van der Waals surface area contributed by atoms with Crippen molar-refractivity contribution in [3.63, 3.8) is 0 Å². The van der Waals surface area contributed by atoms with Gasteiger partial charge in [-0.05, 0) is 41.8 Å². The third kappa shape index (κ3) is 7.16. The molecule has 1 saturated heterocycles. The Bertz CT molecular complexity index is 1010. The molecule has 0 aliphatic carbocycles. The number of fused-ring (bicyclic) bond motifs is 1. The molecule has 2 aromatic rings. The van der Waals surface area contributed by atoms with E-state index in [2.05, 4.69) is 34.1 Å². The van der Waals surface area contributed by atoms with Gasteiger partial charge in [0.25, 0.3) is 0 Å². The normalized spacial score (nSPS) is 18.0. The third-order valence-electron chi connectivity index (χ3n) is 5.77. The molecule has 1 amide bonds. The van der Waals surface area contributed by atoms with Crippen molar-refractivity contribution in [3.05, 3.63) is 77.4 Å². The summed E-state index contributed by atoms with van der Waals surface area (Å²) >= 11 is 0. The smallest absolute Gasteiger partial charge is 0.328 e. The average Bonchev–Trinajstić information content (AvgIpc) is 2.84. The topological polar surface area (TPSA) is 133 Å². The number of nitrogens with zero attached hydrogens (tertiary/aromatic N) is 2. The number of primary amides is 1. The van der Waals surface area contributed by atoms with Crippen molar-refractivity contribution >= 4 is 23.5 Å². The molecule has 34 heavy (non-hydrogen) atoms. The van der Waals surface area contributed by atoms with Gasteiger partial charge >= 0.3 is 11.9 Å². The maximum atomic E-state index is 11.2. The number of aliphatic carboxylic acids is 2. The second kappa shape index (κ2) is 12.0. The Kier molecular flexibility index (Phi) is 8.78. The number of benzene rings is 2. The van der Waals surface area contributed by atoms with Crippen LogP contribution in [0.5, 0.6) is 0 Å². The van der Waals surface area contributed by atoms with E-state index in [0.717, 1.165) is 51.4 Å². The fraction of sp³-hybridized carbons (Fsp3) is 0.320. The molecular formula is C25H29N3O6. The highest BCUT2D eigenvalue weighted by Crippen LogP contribution is 2.28. The van der Waals surface area contributed by atoms with Gasteiger partial charge < -0.3 is 25.6 Å². The summed E-state index contributed by atoms with van der Waals surface area (Å²) in [5.41, 5.74) is 9.79. The van der Waals surface area contributed by atoms with Gasteiger partial charge in [-0.3, -0.25) is 9.69 Å². The molecule has 2 aliphatic heterocycles. The number of ether oxygens (including phenoxy) is 1. The van der Waals surface area contributed by atoms with Crippen LogP contribution >= 0.6 is 0 Å². The van der Waals surface area contributed by atoms with Crippen molar-refractivity contribution in [2.24, 2.45) is 5.73 Å². The molecule has 2 aliphatic rings. The van der Waals surface area contributed by atoms with Crippen LogP contribution in [0.25, 0.3) is 0 Å². The highest BCUT2D eigenvalue weighted by molar-refractivity contribution is 5.93. The van der Waals surface area contributed by atoms with Crippen molar-refractivity contribution in [1.82, 2.24) is 4.90 Å². The summed E-state index contributed by atoms with van der Waals surface area (Å²) < 4.78 is 6.06. The molecule has 0 radical (unpaired) electrons. The van der Waals surface area contributed by atoms with Crippen LogP contribution in [0, 0.1) is 0 Å². The van der Waals surface area contributed by atoms with Crippen molar-refractivity contribution in [3.8, 4) is 0 Å². The number of carbonyl (C=O) groups excluding carboxylic acids is 1. The van der Waals surface area contributed by atoms with E-state index in [-0.39, 0.29) is 12.0 Å². The van der Waals surface area contributed by atoms with Crippen LogP contribution in [0.15, 0.2) is 60.7 Å². The molecule has 0 bridgehead atoms. The number of anilines is 1. The zero-order chi connectivity index (χ0) is 24.5. The predicted octanol–water partition coefficient (Wildman–Crippen LogP) is 1.93. The Morgan fingerprint density at radius 3 is 2.15 bits per heavy atom. The van der Waals surface area contributed by atoms with Gasteiger partial charge in [-0.1, -0.05) is 24.3 Å². The Morgan fingerprint density at radius 2 is 1.56 bits per heavy atom. The third-order valence-corrected chi connectivity index (χ3v) is 5.77. The van der Waals surface area contributed by atoms with Gasteiger partial charge in [0.1, 0.15) is 0 Å². The first-order valence-corrected chi connectivity index (χ1v) is 11.0. The maximum absolute atomic E-state index is 11.2. The minimum atomic E-state index is -1.26. The molecule has 9 nitrogen and oxygen atoms in total. The largest absolute Gasteiger partial charge is 0.478 e. The maximum Gasteiger partial charge on any atom is 0.328 e. The van der Waals surface area contributed by atoms with Crippen LogP contribution in [-0.2, 0) is 20.7 Å². The number of hydrogen-bond acceptors (Lipinski definition) is 6. The van der Waals surface area contributed by atoms with Crippen LogP contribution < -0.4 is 10.6 Å². The van der Waals surface area contributed by atoms with Crippen molar-refractivity contribution in [2.75, 3.05) is 44.2 Å². The highest BCUT2D eigenvalue weighted by atomic mass is 16.5. The minimum absolute atomic E-state index is 0.182. The summed E-state index contributed by atoms with van der Waals surface area (Å²) in [5.74, 6) is -2.89. The molecule has 180 valence electrons. The standard InChI is InChI=1S/C21H25N3O2.C4H4O4/c22-21(25)17-5-7-18(8-6-17)24-12-10-23(11-13-24)15-20-19-4-2-1-3-16(19)9-14-26-20;5-3(6)1-2-4(7)8/h1-8,20H,9-15H2,(H2,22,25);1-2H,(H,5,6)(H,7,8). The Morgan fingerprint density at radius 1 is 0.941 bits per heavy atom. The molecule has 1 atom stereocenters. The quantitative estimate of drug-likeness (QED) is 0.549. The van der Waals surface area contributed by atoms with E-state index in [4.69, 9.17) is 20.7 Å². The molecule has 0 aromatic heterocycles. The average molecular weight is 468 g/mol. The molecule has 9 heteroatoms. The fourth-order valence-electron chi connectivity index (χ4n) is 4.03. The van der Waals surface area contributed by atoms with Crippen LogP contribution in [-0.4, -0.2) is 72.3 Å². The van der Waals surface area contributed by atoms with Gasteiger partial charge in [0, 0.05) is 56.1 Å². The van der Waals surface area contributed by atoms with Gasteiger partial charge in [0.05, 0.1) is 12.7 Å². The first kappa shape index (κ1) is 24.9. The summed E-state index contributed by atoms with van der Waals surface area (Å²) in [5, 5.41) is 15.6. The molecule has 0 saturated carbocycles. The second-order valence-corrected chi connectivity index (χ2v) is 8.02. The van der Waals surface area contributed by atoms with Crippen LogP contribution in [0.4, 0.5) is 5.69 Å². The zero-order valence-electron chi connectivity index (χ0n) is 18.8. The number of nitrogens with two attached hydrogens (primary N) is 1. The van der Waals surface area contributed by atoms with E-state index >= 15 is 0 Å². The second-order valence-electron chi connectivity index (χ2n) is 8.02. The Balaban J connectivity index is 0.000000350. The number of carbonyl (C=O) groups is 3. The number of hydrogen-bond donors (Lipinski definition) is 3. The summed E-state index contributed by atoms with van der Waals surface area (Å²) in [7, 11) is 0. The molecule has 1 fully saturated rings. The number of rotatable bonds is 6. The van der Waals surface area contributed by atoms with Gasteiger partial charge in [0.2, 0.25) is 5.91 Å². The van der Waals surface area contributed by atoms with E-state index in [0.29, 0.717) is 17.7 Å². The van der Waals surface area contributed by atoms with Gasteiger partial charge in [0.15, 0.2) is 0 Å². The van der Waals surface area contributed by atoms with Gasteiger partial charge in [-0.2, -0.15) is 0 Å². The van der Waals surface area contributed by atoms with Crippen LogP contribution in [0.1, 0.15) is 27.6 Å². The lowest BCUT2D eigenvalue weighted by Gasteiger charge is -2.38. The first-order valence-electron chi connectivity index (χ1n) is 11.0. The van der Waals surface area contributed by atoms with Crippen LogP contribution in [0.3, 0.4) is 0 Å². The molecule has 1 unspecified atom stereocenters. The Labute approximate surface area is 198 Å². The van der Waals surface area contributed by atoms with Crippen LogP contribution in [0.2, 0.25) is 0 Å². The van der Waals surface area contributed by atoms with Gasteiger partial charge in [-0.25, -0.2) is 9.59 Å². The predicted molar refractivity (Wildman–Crippen MR) is 127 cm³/mol. The summed E-state index contributed by atoms with van der Waals surface area (Å²) in [6.45, 7) is 5.74. The number of piperazine rings is 1. The summed E-state index contributed by atoms with van der Waals surface area (Å²) in [4.78, 5) is 35.2. The SMILES string of the molecule is NC(=O)c1ccc(N2CCN(CC3OCCc4ccccc43)CC2)cc1.O=C(O)C=CC(=O)O. The van der Waals surface area contributed by atoms with Gasteiger partial charge in [-0.15, -0.1) is 0 Å². The van der Waals surface area contributed by atoms with Crippen molar-refractivity contribution in [1.29, 1.82) is 0 Å². The monoisotopic (exact) mass is 467 g/mol. The molecular weight excluding hydrogens is 438 g/mol. The van der Waals surface area contributed by atoms with Crippen molar-refractivity contribution in [2.45, 2.75) is 12.5 Å². The van der Waals surface area contributed by atoms with E-state index in [9.17, 15) is 14.4 Å². The van der Waals surface area contributed by atoms with E-state index in [1.54, 1.807) is 12.1 Å². The fourth-order valence-corrected chi connectivity index (χ4v) is 4.03. The number of carboxylic acid groups (broad SMARTS) is 2. The zero-order valence-corrected chi connectivity index (χ0v) is 18.8. The minimum Gasteiger partial charge on any atom is -0.478 e. The van der Waals surface area contributed by atoms with E-state index in [1.807, 2.05) is 12.1 Å². The summed E-state index contributed by atoms with van der Waals surface area (Å²) in [6.07, 6.45) is 2.31. The lowest BCUT2D eigenvalue weighted by molar-refractivity contribution is -0.134. The lowest BCUT2D eigenvalue weighted by atomic mass is 9.97. The lowest BCUT2D eigenvalue weighted by Crippen LogP contribution is -2.48. The van der Waals surface area contributed by atoms with Crippen molar-refractivity contribution < 1.29 is 29.3 Å². The Hall–Kier alpha value is -3.69. The van der Waals surface area contributed by atoms with E-state index < -0.39 is 11.9 Å². The first-order chi connectivity index (χ1) is 16.3.